The summed E-state index contributed by atoms with van der Waals surface area (Å²) in [6.45, 7) is 2.45. The van der Waals surface area contributed by atoms with Crippen LogP contribution in [0, 0.1) is 5.92 Å². The summed E-state index contributed by atoms with van der Waals surface area (Å²) in [7, 11) is 1.61. The maximum absolute atomic E-state index is 12.8. The third kappa shape index (κ3) is 2.93. The quantitative estimate of drug-likeness (QED) is 0.700. The third-order valence-electron chi connectivity index (χ3n) is 5.71. The van der Waals surface area contributed by atoms with Crippen molar-refractivity contribution in [3.05, 3.63) is 65.1 Å². The highest BCUT2D eigenvalue weighted by Crippen LogP contribution is 2.38. The van der Waals surface area contributed by atoms with Crippen molar-refractivity contribution in [1.82, 2.24) is 19.5 Å². The molecule has 0 aromatic carbocycles. The zero-order valence-corrected chi connectivity index (χ0v) is 15.7. The number of pyridine rings is 2. The van der Waals surface area contributed by atoms with Gasteiger partial charge in [0.1, 0.15) is 12.1 Å². The highest BCUT2D eigenvalue weighted by molar-refractivity contribution is 5.62. The number of aromatic nitrogens is 4. The van der Waals surface area contributed by atoms with Crippen LogP contribution in [-0.2, 0) is 6.54 Å². The molecule has 142 valence electrons. The van der Waals surface area contributed by atoms with Crippen molar-refractivity contribution in [3.8, 4) is 17.0 Å². The molecule has 2 atom stereocenters. The number of rotatable bonds is 3. The Balaban J connectivity index is 1.52. The number of ether oxygens (including phenoxy) is 1. The van der Waals surface area contributed by atoms with Crippen LogP contribution in [-0.4, -0.2) is 39.7 Å². The van der Waals surface area contributed by atoms with Gasteiger partial charge in [-0.2, -0.15) is 0 Å². The normalized spacial score (nSPS) is 20.5. The minimum atomic E-state index is 0.0724. The zero-order chi connectivity index (χ0) is 19.1. The fourth-order valence-corrected chi connectivity index (χ4v) is 4.46. The first kappa shape index (κ1) is 16.9. The second-order valence-corrected chi connectivity index (χ2v) is 7.48. The minimum Gasteiger partial charge on any atom is -0.481 e. The van der Waals surface area contributed by atoms with E-state index in [4.69, 9.17) is 4.74 Å². The van der Waals surface area contributed by atoms with E-state index >= 15 is 0 Å². The Labute approximate surface area is 162 Å². The first-order chi connectivity index (χ1) is 13.7. The Morgan fingerprint density at radius 3 is 2.86 bits per heavy atom. The zero-order valence-electron chi connectivity index (χ0n) is 15.7. The Morgan fingerprint density at radius 1 is 1.11 bits per heavy atom. The van der Waals surface area contributed by atoms with E-state index in [1.807, 2.05) is 22.8 Å². The van der Waals surface area contributed by atoms with E-state index in [-0.39, 0.29) is 11.5 Å². The molecule has 7 heteroatoms. The lowest BCUT2D eigenvalue weighted by molar-refractivity contribution is 0.280. The number of fused-ring (bicyclic) bond motifs is 4. The van der Waals surface area contributed by atoms with Gasteiger partial charge in [-0.15, -0.1) is 0 Å². The van der Waals surface area contributed by atoms with Gasteiger partial charge in [0.2, 0.25) is 5.88 Å². The van der Waals surface area contributed by atoms with Crippen LogP contribution in [0.4, 0.5) is 5.82 Å². The monoisotopic (exact) mass is 375 g/mol. The predicted molar refractivity (Wildman–Crippen MR) is 106 cm³/mol. The second kappa shape index (κ2) is 6.74. The minimum absolute atomic E-state index is 0.0724. The molecule has 0 saturated carbocycles. The second-order valence-electron chi connectivity index (χ2n) is 7.48. The van der Waals surface area contributed by atoms with Gasteiger partial charge in [-0.3, -0.25) is 9.78 Å². The van der Waals surface area contributed by atoms with E-state index in [2.05, 4.69) is 25.9 Å². The SMILES string of the molecule is COc1cc(N2C[C@@H]3C[C@H](C2)c2cc(-c4cccnc4)cc(=O)n2C3)ncn1. The van der Waals surface area contributed by atoms with E-state index in [1.165, 1.54) is 6.33 Å². The van der Waals surface area contributed by atoms with Crippen LogP contribution in [0.5, 0.6) is 5.88 Å². The molecule has 0 aliphatic carbocycles. The van der Waals surface area contributed by atoms with Crippen molar-refractivity contribution >= 4 is 5.82 Å². The maximum atomic E-state index is 12.8. The van der Waals surface area contributed by atoms with Gasteiger partial charge >= 0.3 is 0 Å². The molecule has 3 aromatic heterocycles. The molecule has 2 bridgehead atoms. The molecular weight excluding hydrogens is 354 g/mol. The Bertz CT molecular complexity index is 1070. The number of piperidine rings is 1. The van der Waals surface area contributed by atoms with Gasteiger partial charge in [0.25, 0.3) is 5.56 Å². The fourth-order valence-electron chi connectivity index (χ4n) is 4.46. The molecule has 0 unspecified atom stereocenters. The van der Waals surface area contributed by atoms with Crippen LogP contribution in [0.15, 0.2) is 53.8 Å². The van der Waals surface area contributed by atoms with Crippen molar-refractivity contribution in [1.29, 1.82) is 0 Å². The highest BCUT2D eigenvalue weighted by Gasteiger charge is 2.35. The average Bonchev–Trinajstić information content (AvgIpc) is 2.75. The molecule has 0 radical (unpaired) electrons. The van der Waals surface area contributed by atoms with Crippen molar-refractivity contribution < 1.29 is 4.74 Å². The standard InChI is InChI=1S/C21H21N5O2/c1-28-20-8-19(23-13-24-20)25-10-14-5-17(12-25)18-6-16(7-21(27)26(18)11-14)15-3-2-4-22-9-15/h2-4,6-9,13-14,17H,5,10-12H2,1H3/t14-,17+/m0/s1. The summed E-state index contributed by atoms with van der Waals surface area (Å²) in [5.41, 5.74) is 3.08. The van der Waals surface area contributed by atoms with E-state index in [0.29, 0.717) is 11.8 Å². The molecule has 1 fully saturated rings. The first-order valence-corrected chi connectivity index (χ1v) is 9.47. The molecule has 7 nitrogen and oxygen atoms in total. The molecule has 5 heterocycles. The molecule has 2 aliphatic rings. The highest BCUT2D eigenvalue weighted by atomic mass is 16.5. The summed E-state index contributed by atoms with van der Waals surface area (Å²) < 4.78 is 7.20. The molecule has 5 rings (SSSR count). The molecule has 2 aliphatic heterocycles. The summed E-state index contributed by atoms with van der Waals surface area (Å²) in [4.78, 5) is 27.8. The Kier molecular flexibility index (Phi) is 4.07. The molecule has 1 saturated heterocycles. The smallest absolute Gasteiger partial charge is 0.251 e. The number of methoxy groups -OCH3 is 1. The van der Waals surface area contributed by atoms with Crippen LogP contribution < -0.4 is 15.2 Å². The van der Waals surface area contributed by atoms with Crippen molar-refractivity contribution in [2.75, 3.05) is 25.1 Å². The van der Waals surface area contributed by atoms with E-state index < -0.39 is 0 Å². The lowest BCUT2D eigenvalue weighted by Crippen LogP contribution is -2.47. The molecule has 3 aromatic rings. The van der Waals surface area contributed by atoms with Gasteiger partial charge in [-0.05, 0) is 30.0 Å². The van der Waals surface area contributed by atoms with Gasteiger partial charge in [-0.25, -0.2) is 9.97 Å². The van der Waals surface area contributed by atoms with Crippen LogP contribution in [0.1, 0.15) is 18.0 Å². The fraction of sp³-hybridized carbons (Fsp3) is 0.333. The first-order valence-electron chi connectivity index (χ1n) is 9.47. The Hall–Kier alpha value is -3.22. The maximum Gasteiger partial charge on any atom is 0.251 e. The summed E-state index contributed by atoms with van der Waals surface area (Å²) >= 11 is 0. The molecule has 28 heavy (non-hydrogen) atoms. The molecule has 0 amide bonds. The largest absolute Gasteiger partial charge is 0.481 e. The summed E-state index contributed by atoms with van der Waals surface area (Å²) in [6.07, 6.45) is 6.18. The van der Waals surface area contributed by atoms with Crippen molar-refractivity contribution in [2.24, 2.45) is 5.92 Å². The number of anilines is 1. The summed E-state index contributed by atoms with van der Waals surface area (Å²) in [5, 5.41) is 0. The van der Waals surface area contributed by atoms with Gasteiger partial charge in [0, 0.05) is 61.3 Å². The number of hydrogen-bond acceptors (Lipinski definition) is 6. The molecule has 0 N–H and O–H groups in total. The third-order valence-corrected chi connectivity index (χ3v) is 5.71. The van der Waals surface area contributed by atoms with E-state index in [9.17, 15) is 4.79 Å². The lowest BCUT2D eigenvalue weighted by Gasteiger charge is -2.43. The summed E-state index contributed by atoms with van der Waals surface area (Å²) in [5.74, 6) is 2.16. The number of nitrogens with zero attached hydrogens (tertiary/aromatic N) is 5. The van der Waals surface area contributed by atoms with Crippen LogP contribution in [0.25, 0.3) is 11.1 Å². The Morgan fingerprint density at radius 2 is 2.04 bits per heavy atom. The van der Waals surface area contributed by atoms with Crippen LogP contribution in [0.2, 0.25) is 0 Å². The van der Waals surface area contributed by atoms with Crippen LogP contribution in [0.3, 0.4) is 0 Å². The number of hydrogen-bond donors (Lipinski definition) is 0. The van der Waals surface area contributed by atoms with Crippen molar-refractivity contribution in [2.45, 2.75) is 18.9 Å². The van der Waals surface area contributed by atoms with Gasteiger partial charge < -0.3 is 14.2 Å². The summed E-state index contributed by atoms with van der Waals surface area (Å²) in [6, 6.07) is 9.65. The average molecular weight is 375 g/mol. The molecular formula is C21H21N5O2. The van der Waals surface area contributed by atoms with Crippen molar-refractivity contribution in [3.63, 3.8) is 0 Å². The van der Waals surface area contributed by atoms with Gasteiger partial charge in [0.15, 0.2) is 0 Å². The van der Waals surface area contributed by atoms with E-state index in [0.717, 1.165) is 48.7 Å². The lowest BCUT2D eigenvalue weighted by atomic mass is 9.82. The van der Waals surface area contributed by atoms with E-state index in [1.54, 1.807) is 25.6 Å². The van der Waals surface area contributed by atoms with Gasteiger partial charge in [0.05, 0.1) is 7.11 Å². The van der Waals surface area contributed by atoms with Gasteiger partial charge in [-0.1, -0.05) is 6.07 Å². The predicted octanol–water partition coefficient (Wildman–Crippen LogP) is 2.33. The van der Waals surface area contributed by atoms with Crippen LogP contribution >= 0.6 is 0 Å². The molecule has 0 spiro atoms. The topological polar surface area (TPSA) is 73.1 Å².